The molecule has 0 aromatic carbocycles. The lowest BCUT2D eigenvalue weighted by atomic mass is 9.96. The van der Waals surface area contributed by atoms with Gasteiger partial charge in [0.15, 0.2) is 5.78 Å². The highest BCUT2D eigenvalue weighted by atomic mass is 16.1. The topological polar surface area (TPSA) is 58.7 Å². The zero-order valence-corrected chi connectivity index (χ0v) is 9.49. The smallest absolute Gasteiger partial charge is 0.166 e. The molecule has 0 aliphatic heterocycles. The molecule has 1 aliphatic carbocycles. The van der Waals surface area contributed by atoms with E-state index < -0.39 is 0 Å². The normalized spacial score (nSPS) is 18.2. The molecule has 4 nitrogen and oxygen atoms in total. The van der Waals surface area contributed by atoms with Crippen molar-refractivity contribution in [3.8, 4) is 0 Å². The van der Waals surface area contributed by atoms with Crippen molar-refractivity contribution >= 4 is 12.0 Å². The Bertz CT molecular complexity index is 292. The number of hydrogen-bond acceptors (Lipinski definition) is 4. The summed E-state index contributed by atoms with van der Waals surface area (Å²) in [5.74, 6) is 0.132. The number of nitrogens with zero attached hydrogens (tertiary/aromatic N) is 2. The van der Waals surface area contributed by atoms with Crippen molar-refractivity contribution < 1.29 is 4.79 Å². The quantitative estimate of drug-likeness (QED) is 0.689. The molecule has 0 radical (unpaired) electrons. The molecular formula is C11H19N3O. The first-order valence-electron chi connectivity index (χ1n) is 5.27. The lowest BCUT2D eigenvalue weighted by Crippen LogP contribution is -2.18. The minimum absolute atomic E-state index is 0.132. The monoisotopic (exact) mass is 209 g/mol. The third-order valence-corrected chi connectivity index (χ3v) is 2.39. The SMILES string of the molecule is CN(C)CCN=CC1=C(N)CCCC1=O. The molecule has 0 atom stereocenters. The molecular weight excluding hydrogens is 190 g/mol. The van der Waals surface area contributed by atoms with E-state index in [4.69, 9.17) is 5.73 Å². The van der Waals surface area contributed by atoms with Crippen LogP contribution in [0.3, 0.4) is 0 Å². The fourth-order valence-electron chi connectivity index (χ4n) is 1.46. The Hall–Kier alpha value is -1.16. The third-order valence-electron chi connectivity index (χ3n) is 2.39. The molecule has 84 valence electrons. The maximum Gasteiger partial charge on any atom is 0.166 e. The number of carbonyl (C=O) groups is 1. The van der Waals surface area contributed by atoms with E-state index in [1.54, 1.807) is 6.21 Å². The number of aliphatic imine (C=N–C) groups is 1. The van der Waals surface area contributed by atoms with E-state index in [-0.39, 0.29) is 5.78 Å². The number of nitrogens with two attached hydrogens (primary N) is 1. The summed E-state index contributed by atoms with van der Waals surface area (Å²) in [6.45, 7) is 1.59. The molecule has 0 fully saturated rings. The fourth-order valence-corrected chi connectivity index (χ4v) is 1.46. The molecule has 0 aromatic heterocycles. The van der Waals surface area contributed by atoms with Crippen molar-refractivity contribution in [1.82, 2.24) is 4.90 Å². The maximum atomic E-state index is 11.5. The van der Waals surface area contributed by atoms with Crippen LogP contribution in [0.4, 0.5) is 0 Å². The van der Waals surface area contributed by atoms with Crippen LogP contribution in [-0.4, -0.2) is 44.1 Å². The van der Waals surface area contributed by atoms with Gasteiger partial charge in [0.25, 0.3) is 0 Å². The van der Waals surface area contributed by atoms with Gasteiger partial charge in [-0.2, -0.15) is 0 Å². The number of ketones is 1. The summed E-state index contributed by atoms with van der Waals surface area (Å²) in [7, 11) is 3.99. The van der Waals surface area contributed by atoms with Gasteiger partial charge in [0.2, 0.25) is 0 Å². The van der Waals surface area contributed by atoms with Gasteiger partial charge in [-0.3, -0.25) is 9.79 Å². The van der Waals surface area contributed by atoms with Crippen LogP contribution in [-0.2, 0) is 4.79 Å². The van der Waals surface area contributed by atoms with Gasteiger partial charge in [-0.15, -0.1) is 0 Å². The van der Waals surface area contributed by atoms with Crippen molar-refractivity contribution in [2.24, 2.45) is 10.7 Å². The Morgan fingerprint density at radius 1 is 1.47 bits per heavy atom. The van der Waals surface area contributed by atoms with Crippen molar-refractivity contribution in [3.63, 3.8) is 0 Å². The first-order chi connectivity index (χ1) is 7.11. The Kier molecular flexibility index (Phi) is 4.49. The van der Waals surface area contributed by atoms with Gasteiger partial charge in [-0.25, -0.2) is 0 Å². The molecule has 0 unspecified atom stereocenters. The molecule has 0 amide bonds. The molecule has 1 aliphatic rings. The highest BCUT2D eigenvalue weighted by molar-refractivity contribution is 6.14. The first kappa shape index (κ1) is 11.9. The summed E-state index contributed by atoms with van der Waals surface area (Å²) in [6, 6.07) is 0. The molecule has 0 bridgehead atoms. The third kappa shape index (κ3) is 3.83. The van der Waals surface area contributed by atoms with Gasteiger partial charge in [0.1, 0.15) is 0 Å². The molecule has 0 spiro atoms. The largest absolute Gasteiger partial charge is 0.401 e. The van der Waals surface area contributed by atoms with E-state index >= 15 is 0 Å². The van der Waals surface area contributed by atoms with Gasteiger partial charge >= 0.3 is 0 Å². The Morgan fingerprint density at radius 3 is 2.80 bits per heavy atom. The van der Waals surface area contributed by atoms with E-state index in [1.807, 2.05) is 14.1 Å². The van der Waals surface area contributed by atoms with Crippen LogP contribution in [0.25, 0.3) is 0 Å². The summed E-state index contributed by atoms with van der Waals surface area (Å²) in [5, 5.41) is 0. The van der Waals surface area contributed by atoms with Crippen molar-refractivity contribution in [3.05, 3.63) is 11.3 Å². The summed E-state index contributed by atoms with van der Waals surface area (Å²) in [5.41, 5.74) is 7.09. The van der Waals surface area contributed by atoms with Crippen LogP contribution in [0.1, 0.15) is 19.3 Å². The molecule has 0 heterocycles. The number of Topliss-reactive ketones (excluding diaryl/α,β-unsaturated/α-hetero) is 1. The molecule has 15 heavy (non-hydrogen) atoms. The van der Waals surface area contributed by atoms with Crippen molar-refractivity contribution in [2.45, 2.75) is 19.3 Å². The average molecular weight is 209 g/mol. The van der Waals surface area contributed by atoms with Gasteiger partial charge in [0, 0.05) is 24.9 Å². The molecule has 1 rings (SSSR count). The predicted molar refractivity (Wildman–Crippen MR) is 62.0 cm³/mol. The van der Waals surface area contributed by atoms with Crippen LogP contribution < -0.4 is 5.73 Å². The molecule has 0 saturated carbocycles. The fraction of sp³-hybridized carbons (Fsp3) is 0.636. The molecule has 0 saturated heterocycles. The van der Waals surface area contributed by atoms with Crippen LogP contribution in [0, 0.1) is 0 Å². The average Bonchev–Trinajstić information content (AvgIpc) is 2.15. The lowest BCUT2D eigenvalue weighted by molar-refractivity contribution is -0.115. The Morgan fingerprint density at radius 2 is 2.20 bits per heavy atom. The van der Waals surface area contributed by atoms with E-state index in [9.17, 15) is 4.79 Å². The zero-order chi connectivity index (χ0) is 11.3. The highest BCUT2D eigenvalue weighted by Crippen LogP contribution is 2.16. The zero-order valence-electron chi connectivity index (χ0n) is 9.49. The summed E-state index contributed by atoms with van der Waals surface area (Å²) in [6.07, 6.45) is 3.94. The van der Waals surface area contributed by atoms with E-state index in [2.05, 4.69) is 9.89 Å². The number of likely N-dealkylation sites (N-methyl/N-ethyl adjacent to an activating group) is 1. The van der Waals surface area contributed by atoms with Crippen LogP contribution in [0.5, 0.6) is 0 Å². The summed E-state index contributed by atoms with van der Waals surface area (Å²) in [4.78, 5) is 17.8. The molecule has 0 aromatic rings. The minimum atomic E-state index is 0.132. The first-order valence-corrected chi connectivity index (χ1v) is 5.27. The lowest BCUT2D eigenvalue weighted by Gasteiger charge is -2.12. The number of hydrogen-bond donors (Lipinski definition) is 1. The second-order valence-corrected chi connectivity index (χ2v) is 4.05. The Balaban J connectivity index is 2.52. The van der Waals surface area contributed by atoms with E-state index in [0.717, 1.165) is 19.4 Å². The Labute approximate surface area is 90.8 Å². The van der Waals surface area contributed by atoms with Crippen LogP contribution in [0.2, 0.25) is 0 Å². The van der Waals surface area contributed by atoms with Crippen molar-refractivity contribution in [2.75, 3.05) is 27.2 Å². The van der Waals surface area contributed by atoms with Gasteiger partial charge in [-0.05, 0) is 26.9 Å². The number of carbonyl (C=O) groups excluding carboxylic acids is 1. The van der Waals surface area contributed by atoms with Gasteiger partial charge in [0.05, 0.1) is 12.1 Å². The summed E-state index contributed by atoms with van der Waals surface area (Å²) >= 11 is 0. The standard InChI is InChI=1S/C11H19N3O/c1-14(2)7-6-13-8-9-10(12)4-3-5-11(9)15/h8H,3-7,12H2,1-2H3. The second-order valence-electron chi connectivity index (χ2n) is 4.05. The van der Waals surface area contributed by atoms with Gasteiger partial charge in [-0.1, -0.05) is 0 Å². The second kappa shape index (κ2) is 5.66. The maximum absolute atomic E-state index is 11.5. The molecule has 2 N–H and O–H groups in total. The van der Waals surface area contributed by atoms with Crippen LogP contribution >= 0.6 is 0 Å². The number of rotatable bonds is 4. The van der Waals surface area contributed by atoms with Crippen LogP contribution in [0.15, 0.2) is 16.3 Å². The summed E-state index contributed by atoms with van der Waals surface area (Å²) < 4.78 is 0. The minimum Gasteiger partial charge on any atom is -0.401 e. The van der Waals surface area contributed by atoms with Gasteiger partial charge < -0.3 is 10.6 Å². The number of allylic oxidation sites excluding steroid dienone is 2. The molecule has 4 heteroatoms. The van der Waals surface area contributed by atoms with E-state index in [1.165, 1.54) is 0 Å². The van der Waals surface area contributed by atoms with E-state index in [0.29, 0.717) is 24.2 Å². The highest BCUT2D eigenvalue weighted by Gasteiger charge is 2.16. The predicted octanol–water partition coefficient (Wildman–Crippen LogP) is 0.585. The van der Waals surface area contributed by atoms with Crippen molar-refractivity contribution in [1.29, 1.82) is 0 Å².